The lowest BCUT2D eigenvalue weighted by Gasteiger charge is -2.30. The van der Waals surface area contributed by atoms with Crippen LogP contribution < -0.4 is 10.2 Å². The minimum absolute atomic E-state index is 0.0780. The van der Waals surface area contributed by atoms with E-state index in [2.05, 4.69) is 5.32 Å². The molecule has 6 nitrogen and oxygen atoms in total. The summed E-state index contributed by atoms with van der Waals surface area (Å²) in [6.07, 6.45) is 0.754. The Hall–Kier alpha value is -3.74. The van der Waals surface area contributed by atoms with Crippen molar-refractivity contribution in [3.8, 4) is 0 Å². The van der Waals surface area contributed by atoms with Crippen molar-refractivity contribution in [3.05, 3.63) is 77.6 Å². The Labute approximate surface area is 192 Å². The highest BCUT2D eigenvalue weighted by Gasteiger charge is 2.34. The standard InChI is InChI=1S/C26H26FN3O3/c1-3-14-28-25(32)17(2)29(15-19-8-4-5-12-21(19)27)23(31)16-30-22-13-7-10-18-9-6-11-20(24(18)22)26(30)33/h4-13,17H,3,14-16H2,1-2H3,(H,28,32)/t17-/m0/s1. The Balaban J connectivity index is 1.63. The maximum absolute atomic E-state index is 14.4. The number of hydrogen-bond donors (Lipinski definition) is 1. The molecule has 4 rings (SSSR count). The Morgan fingerprint density at radius 1 is 1.06 bits per heavy atom. The monoisotopic (exact) mass is 447 g/mol. The molecule has 1 aliphatic rings. The van der Waals surface area contributed by atoms with Crippen LogP contribution in [0.1, 0.15) is 36.2 Å². The van der Waals surface area contributed by atoms with Gasteiger partial charge >= 0.3 is 0 Å². The molecule has 1 aliphatic heterocycles. The maximum Gasteiger partial charge on any atom is 0.259 e. The fourth-order valence-corrected chi connectivity index (χ4v) is 4.15. The van der Waals surface area contributed by atoms with E-state index in [-0.39, 0.29) is 24.9 Å². The molecule has 0 radical (unpaired) electrons. The molecule has 170 valence electrons. The summed E-state index contributed by atoms with van der Waals surface area (Å²) in [6.45, 7) is 3.71. The van der Waals surface area contributed by atoms with E-state index < -0.39 is 17.8 Å². The zero-order chi connectivity index (χ0) is 23.5. The molecule has 0 aromatic heterocycles. The minimum Gasteiger partial charge on any atom is -0.354 e. The van der Waals surface area contributed by atoms with Crippen LogP contribution in [-0.4, -0.2) is 41.8 Å². The number of nitrogens with zero attached hydrogens (tertiary/aromatic N) is 2. The molecule has 1 atom stereocenters. The van der Waals surface area contributed by atoms with Gasteiger partial charge in [-0.2, -0.15) is 0 Å². The number of carbonyl (C=O) groups excluding carboxylic acids is 3. The molecule has 0 fully saturated rings. The summed E-state index contributed by atoms with van der Waals surface area (Å²) in [6, 6.07) is 16.4. The Morgan fingerprint density at radius 2 is 1.79 bits per heavy atom. The van der Waals surface area contributed by atoms with E-state index in [1.54, 1.807) is 31.2 Å². The van der Waals surface area contributed by atoms with Crippen LogP contribution in [0.25, 0.3) is 10.8 Å². The smallest absolute Gasteiger partial charge is 0.259 e. The molecule has 3 aromatic rings. The first-order valence-corrected chi connectivity index (χ1v) is 11.1. The van der Waals surface area contributed by atoms with E-state index in [0.29, 0.717) is 23.4 Å². The zero-order valence-corrected chi connectivity index (χ0v) is 18.7. The summed E-state index contributed by atoms with van der Waals surface area (Å²) in [5, 5.41) is 4.53. The van der Waals surface area contributed by atoms with Gasteiger partial charge in [0.05, 0.1) is 5.69 Å². The first-order valence-electron chi connectivity index (χ1n) is 11.1. The summed E-state index contributed by atoms with van der Waals surface area (Å²) >= 11 is 0. The normalized spacial score (nSPS) is 13.3. The van der Waals surface area contributed by atoms with Crippen molar-refractivity contribution in [3.63, 3.8) is 0 Å². The van der Waals surface area contributed by atoms with Gasteiger partial charge in [-0.15, -0.1) is 0 Å². The number of carbonyl (C=O) groups is 3. The van der Waals surface area contributed by atoms with Gasteiger partial charge in [0.15, 0.2) is 0 Å². The molecule has 0 saturated heterocycles. The molecular formula is C26H26FN3O3. The zero-order valence-electron chi connectivity index (χ0n) is 18.7. The molecule has 0 saturated carbocycles. The first-order chi connectivity index (χ1) is 15.9. The van der Waals surface area contributed by atoms with Gasteiger partial charge in [-0.05, 0) is 36.9 Å². The van der Waals surface area contributed by atoms with E-state index in [1.165, 1.54) is 15.9 Å². The van der Waals surface area contributed by atoms with E-state index in [0.717, 1.165) is 17.2 Å². The second-order valence-corrected chi connectivity index (χ2v) is 8.15. The lowest BCUT2D eigenvalue weighted by atomic mass is 10.1. The molecule has 3 amide bonds. The number of rotatable bonds is 8. The highest BCUT2D eigenvalue weighted by molar-refractivity contribution is 6.26. The van der Waals surface area contributed by atoms with Crippen molar-refractivity contribution in [2.45, 2.75) is 32.9 Å². The van der Waals surface area contributed by atoms with Crippen LogP contribution in [0.3, 0.4) is 0 Å². The molecule has 1 N–H and O–H groups in total. The van der Waals surface area contributed by atoms with Gasteiger partial charge in [0.2, 0.25) is 11.8 Å². The van der Waals surface area contributed by atoms with Crippen LogP contribution in [0.5, 0.6) is 0 Å². The Bertz CT molecular complexity index is 1220. The number of anilines is 1. The van der Waals surface area contributed by atoms with E-state index in [4.69, 9.17) is 0 Å². The summed E-state index contributed by atoms with van der Waals surface area (Å²) in [7, 11) is 0. The maximum atomic E-state index is 14.4. The number of halogens is 1. The largest absolute Gasteiger partial charge is 0.354 e. The lowest BCUT2D eigenvalue weighted by Crippen LogP contribution is -2.51. The molecule has 7 heteroatoms. The first kappa shape index (κ1) is 22.5. The Morgan fingerprint density at radius 3 is 2.52 bits per heavy atom. The lowest BCUT2D eigenvalue weighted by molar-refractivity contribution is -0.139. The molecule has 33 heavy (non-hydrogen) atoms. The van der Waals surface area contributed by atoms with Gasteiger partial charge in [0, 0.05) is 29.6 Å². The van der Waals surface area contributed by atoms with E-state index in [1.807, 2.05) is 37.3 Å². The van der Waals surface area contributed by atoms with Gasteiger partial charge in [-0.3, -0.25) is 19.3 Å². The average Bonchev–Trinajstić information content (AvgIpc) is 3.09. The summed E-state index contributed by atoms with van der Waals surface area (Å²) in [4.78, 5) is 42.0. The fourth-order valence-electron chi connectivity index (χ4n) is 4.15. The van der Waals surface area contributed by atoms with Crippen molar-refractivity contribution in [2.75, 3.05) is 18.0 Å². The van der Waals surface area contributed by atoms with Crippen LogP contribution in [0.4, 0.5) is 10.1 Å². The van der Waals surface area contributed by atoms with Crippen LogP contribution in [-0.2, 0) is 16.1 Å². The van der Waals surface area contributed by atoms with Gasteiger partial charge in [-0.25, -0.2) is 4.39 Å². The SMILES string of the molecule is CCCNC(=O)[C@H](C)N(Cc1ccccc1F)C(=O)CN1C(=O)c2cccc3cccc1c23. The van der Waals surface area contributed by atoms with Crippen LogP contribution in [0.15, 0.2) is 60.7 Å². The number of hydrogen-bond acceptors (Lipinski definition) is 3. The van der Waals surface area contributed by atoms with Gasteiger partial charge in [0.25, 0.3) is 5.91 Å². The summed E-state index contributed by atoms with van der Waals surface area (Å²) in [5.74, 6) is -1.47. The third-order valence-electron chi connectivity index (χ3n) is 5.96. The van der Waals surface area contributed by atoms with E-state index >= 15 is 0 Å². The molecular weight excluding hydrogens is 421 g/mol. The highest BCUT2D eigenvalue weighted by atomic mass is 19.1. The van der Waals surface area contributed by atoms with Gasteiger partial charge < -0.3 is 10.2 Å². The predicted octanol–water partition coefficient (Wildman–Crippen LogP) is 3.88. The van der Waals surface area contributed by atoms with Crippen molar-refractivity contribution in [2.24, 2.45) is 0 Å². The topological polar surface area (TPSA) is 69.7 Å². The molecule has 3 aromatic carbocycles. The van der Waals surface area contributed by atoms with Crippen LogP contribution >= 0.6 is 0 Å². The van der Waals surface area contributed by atoms with Gasteiger partial charge in [-0.1, -0.05) is 49.4 Å². The molecule has 0 unspecified atom stereocenters. The second-order valence-electron chi connectivity index (χ2n) is 8.15. The van der Waals surface area contributed by atoms with Crippen molar-refractivity contribution in [1.29, 1.82) is 0 Å². The van der Waals surface area contributed by atoms with E-state index in [9.17, 15) is 18.8 Å². The molecule has 0 bridgehead atoms. The third-order valence-corrected chi connectivity index (χ3v) is 5.96. The van der Waals surface area contributed by atoms with Crippen LogP contribution in [0.2, 0.25) is 0 Å². The third kappa shape index (κ3) is 4.31. The second kappa shape index (κ2) is 9.40. The minimum atomic E-state index is -0.834. The molecule has 1 heterocycles. The van der Waals surface area contributed by atoms with Crippen molar-refractivity contribution >= 4 is 34.2 Å². The van der Waals surface area contributed by atoms with Crippen molar-refractivity contribution in [1.82, 2.24) is 10.2 Å². The molecule has 0 spiro atoms. The number of amides is 3. The highest BCUT2D eigenvalue weighted by Crippen LogP contribution is 2.37. The van der Waals surface area contributed by atoms with Crippen LogP contribution in [0, 0.1) is 5.82 Å². The average molecular weight is 448 g/mol. The van der Waals surface area contributed by atoms with Crippen molar-refractivity contribution < 1.29 is 18.8 Å². The predicted molar refractivity (Wildman–Crippen MR) is 125 cm³/mol. The van der Waals surface area contributed by atoms with Gasteiger partial charge in [0.1, 0.15) is 18.4 Å². The Kier molecular flexibility index (Phi) is 6.40. The summed E-state index contributed by atoms with van der Waals surface area (Å²) < 4.78 is 14.4. The summed E-state index contributed by atoms with van der Waals surface area (Å²) in [5.41, 5.74) is 1.51. The number of benzene rings is 3. The quantitative estimate of drug-likeness (QED) is 0.570. The molecule has 0 aliphatic carbocycles. The number of nitrogens with one attached hydrogen (secondary N) is 1. The fraction of sp³-hybridized carbons (Fsp3) is 0.269.